The number of fused-ring (bicyclic) bond motifs is 1. The lowest BCUT2D eigenvalue weighted by Gasteiger charge is -2.34. The van der Waals surface area contributed by atoms with Crippen LogP contribution in [-0.4, -0.2) is 63.5 Å². The summed E-state index contributed by atoms with van der Waals surface area (Å²) >= 11 is 1.75. The molecule has 1 saturated heterocycles. The van der Waals surface area contributed by atoms with E-state index >= 15 is 0 Å². The second-order valence-electron chi connectivity index (χ2n) is 9.47. The van der Waals surface area contributed by atoms with Crippen LogP contribution in [0.25, 0.3) is 10.2 Å². The summed E-state index contributed by atoms with van der Waals surface area (Å²) in [6, 6.07) is 19.1. The van der Waals surface area contributed by atoms with Crippen LogP contribution in [-0.2, 0) is 10.0 Å². The lowest BCUT2D eigenvalue weighted by atomic mass is 10.1. The molecule has 4 aromatic rings. The van der Waals surface area contributed by atoms with E-state index in [9.17, 15) is 13.2 Å². The Hall–Kier alpha value is -3.47. The number of rotatable bonds is 8. The number of sulfonamides is 1. The summed E-state index contributed by atoms with van der Waals surface area (Å²) in [5, 5.41) is 4.01. The minimum absolute atomic E-state index is 0.144. The zero-order valence-electron chi connectivity index (χ0n) is 21.5. The van der Waals surface area contributed by atoms with Crippen LogP contribution in [0.5, 0.6) is 0 Å². The summed E-state index contributed by atoms with van der Waals surface area (Å²) in [5.74, 6) is -0.310. The highest BCUT2D eigenvalue weighted by Gasteiger charge is 2.21. The molecule has 1 aliphatic heterocycles. The topological polar surface area (TPSA) is 94.6 Å². The highest BCUT2D eigenvalue weighted by Crippen LogP contribution is 2.32. The van der Waals surface area contributed by atoms with Crippen molar-refractivity contribution in [3.8, 4) is 0 Å². The van der Waals surface area contributed by atoms with Gasteiger partial charge in [0.05, 0.1) is 26.4 Å². The number of nitrogens with one attached hydrogen (secondary N) is 2. The molecule has 0 saturated carbocycles. The van der Waals surface area contributed by atoms with Gasteiger partial charge >= 0.3 is 0 Å². The zero-order valence-corrected chi connectivity index (χ0v) is 23.1. The molecule has 1 aliphatic rings. The van der Waals surface area contributed by atoms with Gasteiger partial charge in [-0.05, 0) is 55.3 Å². The van der Waals surface area contributed by atoms with Gasteiger partial charge in [-0.15, -0.1) is 0 Å². The monoisotopic (exact) mass is 549 g/mol. The third kappa shape index (κ3) is 5.82. The quantitative estimate of drug-likeness (QED) is 0.341. The Morgan fingerprint density at radius 1 is 0.974 bits per heavy atom. The summed E-state index contributed by atoms with van der Waals surface area (Å²) in [6.07, 6.45) is 0. The van der Waals surface area contributed by atoms with E-state index in [0.29, 0.717) is 6.54 Å². The van der Waals surface area contributed by atoms with Crippen molar-refractivity contribution in [2.24, 2.45) is 0 Å². The van der Waals surface area contributed by atoms with Crippen LogP contribution in [0.15, 0.2) is 71.6 Å². The average molecular weight is 550 g/mol. The molecule has 0 aliphatic carbocycles. The maximum absolute atomic E-state index is 12.9. The Bertz CT molecular complexity index is 1550. The number of aryl methyl sites for hydroxylation is 2. The van der Waals surface area contributed by atoms with Gasteiger partial charge in [0, 0.05) is 39.3 Å². The van der Waals surface area contributed by atoms with Gasteiger partial charge in [0.1, 0.15) is 0 Å². The Kier molecular flexibility index (Phi) is 7.64. The number of carbonyl (C=O) groups excluding carboxylic acids is 1. The van der Waals surface area contributed by atoms with Crippen molar-refractivity contribution in [2.45, 2.75) is 18.7 Å². The van der Waals surface area contributed by atoms with Crippen molar-refractivity contribution < 1.29 is 13.2 Å². The number of anilines is 2. The minimum atomic E-state index is -3.80. The normalized spacial score (nSPS) is 14.5. The van der Waals surface area contributed by atoms with Gasteiger partial charge in [-0.2, -0.15) is 0 Å². The lowest BCUT2D eigenvalue weighted by molar-refractivity contribution is 0.0948. The molecule has 198 valence electrons. The molecule has 38 heavy (non-hydrogen) atoms. The van der Waals surface area contributed by atoms with Crippen LogP contribution in [0.1, 0.15) is 21.5 Å². The van der Waals surface area contributed by atoms with E-state index in [1.165, 1.54) is 28.0 Å². The van der Waals surface area contributed by atoms with E-state index in [1.54, 1.807) is 53.8 Å². The SMILES string of the molecule is Cc1cc(C)c2nc(N3CCN(CCNC(=O)c4ccccc4NS(=O)(=O)c4ccccc4)CC3)sc2c1. The third-order valence-corrected chi connectivity index (χ3v) is 9.09. The maximum Gasteiger partial charge on any atom is 0.261 e. The van der Waals surface area contributed by atoms with Gasteiger partial charge in [0.25, 0.3) is 15.9 Å². The van der Waals surface area contributed by atoms with Crippen molar-refractivity contribution in [1.29, 1.82) is 0 Å². The molecule has 2 heterocycles. The first-order chi connectivity index (χ1) is 18.3. The number of nitrogens with zero attached hydrogens (tertiary/aromatic N) is 3. The van der Waals surface area contributed by atoms with Gasteiger partial charge in [0.2, 0.25) is 0 Å². The Morgan fingerprint density at radius 3 is 2.45 bits per heavy atom. The van der Waals surface area contributed by atoms with Crippen LogP contribution in [0.3, 0.4) is 0 Å². The molecule has 5 rings (SSSR count). The van der Waals surface area contributed by atoms with Gasteiger partial charge in [-0.25, -0.2) is 13.4 Å². The molecule has 0 bridgehead atoms. The fraction of sp³-hybridized carbons (Fsp3) is 0.286. The van der Waals surface area contributed by atoms with E-state index in [4.69, 9.17) is 4.98 Å². The number of para-hydroxylation sites is 1. The highest BCUT2D eigenvalue weighted by atomic mass is 32.2. The Labute approximate surface area is 227 Å². The summed E-state index contributed by atoms with van der Waals surface area (Å²) in [5.41, 5.74) is 4.11. The molecule has 10 heteroatoms. The molecular formula is C28H31N5O3S2. The molecule has 3 aromatic carbocycles. The summed E-state index contributed by atoms with van der Waals surface area (Å²) in [6.45, 7) is 8.96. The second-order valence-corrected chi connectivity index (χ2v) is 12.2. The van der Waals surface area contributed by atoms with Crippen molar-refractivity contribution in [3.63, 3.8) is 0 Å². The number of hydrogen-bond acceptors (Lipinski definition) is 7. The van der Waals surface area contributed by atoms with Crippen molar-refractivity contribution in [1.82, 2.24) is 15.2 Å². The Balaban J connectivity index is 1.14. The van der Waals surface area contributed by atoms with Crippen LogP contribution in [0.4, 0.5) is 10.8 Å². The highest BCUT2D eigenvalue weighted by molar-refractivity contribution is 7.92. The number of thiazole rings is 1. The van der Waals surface area contributed by atoms with E-state index in [0.717, 1.165) is 43.4 Å². The molecular weight excluding hydrogens is 518 g/mol. The number of aromatic nitrogens is 1. The molecule has 0 atom stereocenters. The first kappa shape index (κ1) is 26.1. The number of benzene rings is 3. The van der Waals surface area contributed by atoms with E-state index in [-0.39, 0.29) is 22.1 Å². The molecule has 1 fully saturated rings. The third-order valence-electron chi connectivity index (χ3n) is 6.64. The molecule has 0 spiro atoms. The predicted octanol–water partition coefficient (Wildman–Crippen LogP) is 4.27. The van der Waals surface area contributed by atoms with Crippen molar-refractivity contribution in [3.05, 3.63) is 83.4 Å². The number of carbonyl (C=O) groups is 1. The smallest absolute Gasteiger partial charge is 0.261 e. The van der Waals surface area contributed by atoms with Crippen molar-refractivity contribution in [2.75, 3.05) is 48.9 Å². The van der Waals surface area contributed by atoms with E-state index in [1.807, 2.05) is 0 Å². The minimum Gasteiger partial charge on any atom is -0.351 e. The molecule has 2 N–H and O–H groups in total. The molecule has 1 aromatic heterocycles. The number of hydrogen-bond donors (Lipinski definition) is 2. The van der Waals surface area contributed by atoms with Crippen LogP contribution in [0.2, 0.25) is 0 Å². The fourth-order valence-corrected chi connectivity index (χ4v) is 6.95. The van der Waals surface area contributed by atoms with E-state index in [2.05, 4.69) is 45.8 Å². The standard InChI is InChI=1S/C28H31N5O3S2/c1-20-18-21(2)26-25(19-20)37-28(30-26)33-16-14-32(15-17-33)13-12-29-27(34)23-10-6-7-11-24(23)31-38(35,36)22-8-4-3-5-9-22/h3-11,18-19,31H,12-17H2,1-2H3,(H,29,34). The summed E-state index contributed by atoms with van der Waals surface area (Å²) in [7, 11) is -3.80. The number of amides is 1. The second kappa shape index (κ2) is 11.1. The van der Waals surface area contributed by atoms with E-state index < -0.39 is 10.0 Å². The van der Waals surface area contributed by atoms with Gasteiger partial charge in [-0.1, -0.05) is 47.7 Å². The van der Waals surface area contributed by atoms with Gasteiger partial charge in [-0.3, -0.25) is 14.4 Å². The largest absolute Gasteiger partial charge is 0.351 e. The fourth-order valence-electron chi connectivity index (χ4n) is 4.65. The predicted molar refractivity (Wildman–Crippen MR) is 154 cm³/mol. The van der Waals surface area contributed by atoms with Crippen molar-refractivity contribution >= 4 is 48.3 Å². The maximum atomic E-state index is 12.9. The zero-order chi connectivity index (χ0) is 26.7. The summed E-state index contributed by atoms with van der Waals surface area (Å²) in [4.78, 5) is 22.6. The van der Waals surface area contributed by atoms with Crippen LogP contribution < -0.4 is 14.9 Å². The Morgan fingerprint density at radius 2 is 1.68 bits per heavy atom. The number of piperazine rings is 1. The van der Waals surface area contributed by atoms with Crippen LogP contribution >= 0.6 is 11.3 Å². The molecule has 0 unspecified atom stereocenters. The van der Waals surface area contributed by atoms with Gasteiger partial charge < -0.3 is 10.2 Å². The molecule has 0 radical (unpaired) electrons. The molecule has 8 nitrogen and oxygen atoms in total. The van der Waals surface area contributed by atoms with Gasteiger partial charge in [0.15, 0.2) is 5.13 Å². The molecule has 1 amide bonds. The lowest BCUT2D eigenvalue weighted by Crippen LogP contribution is -2.48. The average Bonchev–Trinajstić information content (AvgIpc) is 3.34. The van der Waals surface area contributed by atoms with Crippen LogP contribution in [0, 0.1) is 13.8 Å². The first-order valence-electron chi connectivity index (χ1n) is 12.6. The first-order valence-corrected chi connectivity index (χ1v) is 14.9. The summed E-state index contributed by atoms with van der Waals surface area (Å²) < 4.78 is 29.3.